The van der Waals surface area contributed by atoms with E-state index in [0.717, 1.165) is 6.42 Å². The van der Waals surface area contributed by atoms with Crippen LogP contribution in [0.15, 0.2) is 87.7 Å². The molecule has 0 atom stereocenters. The van der Waals surface area contributed by atoms with Crippen LogP contribution in [0.4, 0.5) is 8.78 Å². The van der Waals surface area contributed by atoms with E-state index < -0.39 is 41.3 Å². The molecule has 0 spiro atoms. The van der Waals surface area contributed by atoms with Crippen LogP contribution in [0.25, 0.3) is 6.08 Å². The van der Waals surface area contributed by atoms with E-state index in [0.29, 0.717) is 49.2 Å². The Morgan fingerprint density at radius 3 is 1.80 bits per heavy atom. The zero-order valence-corrected chi connectivity index (χ0v) is 31.8. The first-order valence-corrected chi connectivity index (χ1v) is 18.5. The summed E-state index contributed by atoms with van der Waals surface area (Å²) < 4.78 is 34.4. The van der Waals surface area contributed by atoms with E-state index in [-0.39, 0.29) is 59.1 Å². The van der Waals surface area contributed by atoms with Crippen molar-refractivity contribution in [3.63, 3.8) is 0 Å². The molecule has 4 aromatic rings. The molecule has 0 amide bonds. The van der Waals surface area contributed by atoms with Gasteiger partial charge in [0.05, 0.1) is 17.7 Å². The maximum absolute atomic E-state index is 13.6. The summed E-state index contributed by atoms with van der Waals surface area (Å²) >= 11 is 3.19. The van der Waals surface area contributed by atoms with Crippen molar-refractivity contribution >= 4 is 58.1 Å². The fourth-order valence-corrected chi connectivity index (χ4v) is 6.34. The normalized spacial score (nSPS) is 13.2. The van der Waals surface area contributed by atoms with Gasteiger partial charge in [0.25, 0.3) is 0 Å². The average Bonchev–Trinajstić information content (AvgIpc) is 3.16. The molecule has 0 saturated carbocycles. The minimum atomic E-state index is -1.72. The number of aromatic carboxylic acids is 1. The lowest BCUT2D eigenvalue weighted by molar-refractivity contribution is 0.0523. The molecule has 0 saturated heterocycles. The highest BCUT2D eigenvalue weighted by atomic mass is 79.9. The first-order valence-electron chi connectivity index (χ1n) is 17.6. The molecule has 0 radical (unpaired) electrons. The number of carbonyl (C=O) groups excluding carboxylic acids is 3. The maximum Gasteiger partial charge on any atom is 0.491 e. The number of allylic oxidation sites excluding steroid dienone is 2. The lowest BCUT2D eigenvalue weighted by Crippen LogP contribution is -2.32. The van der Waals surface area contributed by atoms with Crippen LogP contribution in [0, 0.1) is 11.6 Å². The van der Waals surface area contributed by atoms with Gasteiger partial charge in [-0.05, 0) is 49.7 Å². The molecule has 56 heavy (non-hydrogen) atoms. The average molecular weight is 835 g/mol. The molecule has 12 nitrogen and oxygen atoms in total. The molecule has 0 bridgehead atoms. The number of ether oxygens (including phenoxy) is 1. The Balaban J connectivity index is 0.000000203. The van der Waals surface area contributed by atoms with Gasteiger partial charge in [0.1, 0.15) is 22.8 Å². The smallest absolute Gasteiger partial charge is 0.477 e. The van der Waals surface area contributed by atoms with E-state index in [2.05, 4.69) is 15.9 Å². The molecule has 2 aliphatic carbocycles. The Kier molecular flexibility index (Phi) is 15.7. The number of benzene rings is 2. The van der Waals surface area contributed by atoms with Crippen molar-refractivity contribution in [3.05, 3.63) is 149 Å². The molecular formula is C40H38BBrF2N2O10. The van der Waals surface area contributed by atoms with Crippen LogP contribution in [0.5, 0.6) is 0 Å². The zero-order valence-electron chi connectivity index (χ0n) is 30.3. The Morgan fingerprint density at radius 2 is 1.30 bits per heavy atom. The predicted molar refractivity (Wildman–Crippen MR) is 209 cm³/mol. The number of carboxylic acids is 1. The van der Waals surface area contributed by atoms with E-state index >= 15 is 0 Å². The monoisotopic (exact) mass is 834 g/mol. The topological polar surface area (TPSA) is 182 Å². The number of pyridine rings is 2. The molecule has 3 N–H and O–H groups in total. The first kappa shape index (κ1) is 43.2. The van der Waals surface area contributed by atoms with Crippen molar-refractivity contribution in [1.29, 1.82) is 0 Å². The summed E-state index contributed by atoms with van der Waals surface area (Å²) in [5, 5.41) is 26.3. The number of nitrogens with zero attached hydrogens (tertiary/aromatic N) is 2. The van der Waals surface area contributed by atoms with Crippen LogP contribution in [0.3, 0.4) is 0 Å². The number of fused-ring (bicyclic) bond motifs is 2. The third-order valence-corrected chi connectivity index (χ3v) is 9.16. The number of aromatic nitrogens is 2. The number of esters is 1. The quantitative estimate of drug-likeness (QED) is 0.155. The molecule has 0 unspecified atom stereocenters. The molecule has 2 aliphatic rings. The molecule has 16 heteroatoms. The Labute approximate surface area is 328 Å². The standard InChI is InChI=1S/C19H16FNO4.C15H16BrNO4.C6H6BFO2/c20-14-7-2-1-5-12(14)6-4-10-21-11-13(19(24)25)18(23)17-15(21)8-3-9-16(17)22;1-2-21-15(20)10-9-17(8-4-7-16)11-5-3-6-12(18)13(11)14(10)19;8-6-4-2-1-3-5(6)7(9)10/h1-2,4-7,11H,3,8-10H2,(H,24,25);4,7,9H,2-3,5-6,8H2,1H3;1-4,9-10H/b6-4+;7-4+;. The summed E-state index contributed by atoms with van der Waals surface area (Å²) in [5.41, 5.74) is -0.0372. The number of rotatable bonds is 9. The van der Waals surface area contributed by atoms with Gasteiger partial charge >= 0.3 is 19.1 Å². The van der Waals surface area contributed by atoms with E-state index in [9.17, 15) is 42.7 Å². The third kappa shape index (κ3) is 10.6. The number of Topliss-reactive ketones (excluding diaryl/α,β-unsaturated/α-hetero) is 2. The highest BCUT2D eigenvalue weighted by Gasteiger charge is 2.28. The van der Waals surface area contributed by atoms with Gasteiger partial charge < -0.3 is 29.0 Å². The molecule has 292 valence electrons. The molecule has 0 aliphatic heterocycles. The zero-order chi connectivity index (χ0) is 40.9. The van der Waals surface area contributed by atoms with Crippen molar-refractivity contribution in [2.75, 3.05) is 6.61 Å². The summed E-state index contributed by atoms with van der Waals surface area (Å²) in [6, 6.07) is 11.8. The van der Waals surface area contributed by atoms with Crippen LogP contribution in [-0.2, 0) is 30.7 Å². The van der Waals surface area contributed by atoms with E-state index in [1.165, 1.54) is 42.7 Å². The van der Waals surface area contributed by atoms with Crippen molar-refractivity contribution in [2.45, 2.75) is 58.5 Å². The molecule has 2 heterocycles. The largest absolute Gasteiger partial charge is 0.491 e. The number of carboxylic acid groups (broad SMARTS) is 1. The minimum absolute atomic E-state index is 0.0227. The van der Waals surface area contributed by atoms with Crippen LogP contribution >= 0.6 is 15.9 Å². The van der Waals surface area contributed by atoms with Gasteiger partial charge in [-0.3, -0.25) is 19.2 Å². The minimum Gasteiger partial charge on any atom is -0.477 e. The predicted octanol–water partition coefficient (Wildman–Crippen LogP) is 4.88. The van der Waals surface area contributed by atoms with Crippen LogP contribution in [-0.4, -0.2) is 61.5 Å². The second-order valence-corrected chi connectivity index (χ2v) is 13.0. The molecule has 0 fully saturated rings. The lowest BCUT2D eigenvalue weighted by Gasteiger charge is -2.20. The van der Waals surface area contributed by atoms with Crippen LogP contribution < -0.4 is 16.3 Å². The summed E-state index contributed by atoms with van der Waals surface area (Å²) in [7, 11) is -1.72. The second-order valence-electron chi connectivity index (χ2n) is 12.5. The molecule has 2 aromatic carbocycles. The van der Waals surface area contributed by atoms with E-state index in [1.54, 1.807) is 51.4 Å². The lowest BCUT2D eigenvalue weighted by atomic mass is 9.80. The summed E-state index contributed by atoms with van der Waals surface area (Å²) in [6.07, 6.45) is 11.0. The SMILES string of the molecule is CCOC(=O)c1cn(C/C=C/Br)c2c(c1=O)C(=O)CCC2.O=C(O)c1cn(C/C=C/c2ccccc2F)c2c(c1=O)C(=O)CCC2.OB(O)c1ccccc1F. The number of carbonyl (C=O) groups is 4. The molecule has 2 aromatic heterocycles. The third-order valence-electron chi connectivity index (χ3n) is 8.78. The van der Waals surface area contributed by atoms with Gasteiger partial charge in [-0.2, -0.15) is 0 Å². The molecular weight excluding hydrogens is 797 g/mol. The van der Waals surface area contributed by atoms with Crippen molar-refractivity contribution in [1.82, 2.24) is 9.13 Å². The maximum atomic E-state index is 13.6. The van der Waals surface area contributed by atoms with E-state index in [1.807, 2.05) is 6.08 Å². The number of halogens is 3. The highest BCUT2D eigenvalue weighted by molar-refractivity contribution is 9.11. The Bertz CT molecular complexity index is 2300. The van der Waals surface area contributed by atoms with Gasteiger partial charge in [-0.25, -0.2) is 18.4 Å². The van der Waals surface area contributed by atoms with Gasteiger partial charge in [-0.1, -0.05) is 70.6 Å². The van der Waals surface area contributed by atoms with Gasteiger partial charge in [0, 0.05) is 60.7 Å². The fourth-order valence-electron chi connectivity index (χ4n) is 6.17. The Morgan fingerprint density at radius 1 is 0.786 bits per heavy atom. The number of ketones is 2. The number of hydrogen-bond acceptors (Lipinski definition) is 9. The summed E-state index contributed by atoms with van der Waals surface area (Å²) in [4.78, 5) is 73.8. The summed E-state index contributed by atoms with van der Waals surface area (Å²) in [5.74, 6) is -3.51. The van der Waals surface area contributed by atoms with Crippen molar-refractivity contribution in [3.8, 4) is 0 Å². The second kappa shape index (κ2) is 20.4. The van der Waals surface area contributed by atoms with E-state index in [4.69, 9.17) is 14.8 Å². The van der Waals surface area contributed by atoms with Crippen LogP contribution in [0.2, 0.25) is 0 Å². The number of hydrogen-bond donors (Lipinski definition) is 3. The van der Waals surface area contributed by atoms with Gasteiger partial charge in [0.2, 0.25) is 10.9 Å². The molecule has 6 rings (SSSR count). The Hall–Kier alpha value is -5.58. The first-order chi connectivity index (χ1) is 26.8. The summed E-state index contributed by atoms with van der Waals surface area (Å²) in [6.45, 7) is 2.58. The van der Waals surface area contributed by atoms with Gasteiger partial charge in [-0.15, -0.1) is 0 Å². The fraction of sp³-hybridized carbons (Fsp3) is 0.250. The van der Waals surface area contributed by atoms with Crippen molar-refractivity contribution < 1.29 is 47.9 Å². The van der Waals surface area contributed by atoms with Gasteiger partial charge in [0.15, 0.2) is 11.6 Å². The van der Waals surface area contributed by atoms with Crippen molar-refractivity contribution in [2.24, 2.45) is 0 Å². The highest BCUT2D eigenvalue weighted by Crippen LogP contribution is 2.21. The van der Waals surface area contributed by atoms with Crippen LogP contribution in [0.1, 0.15) is 91.0 Å².